The van der Waals surface area contributed by atoms with Crippen LogP contribution >= 0.6 is 0 Å². The number of piperidine rings is 1. The van der Waals surface area contributed by atoms with Crippen LogP contribution in [0.15, 0.2) is 0 Å². The summed E-state index contributed by atoms with van der Waals surface area (Å²) in [5, 5.41) is 3.61. The van der Waals surface area contributed by atoms with Crippen molar-refractivity contribution in [3.8, 4) is 0 Å². The minimum atomic E-state index is -0.200. The first-order valence-corrected chi connectivity index (χ1v) is 7.99. The lowest BCUT2D eigenvalue weighted by atomic mass is 10.0. The van der Waals surface area contributed by atoms with E-state index in [-0.39, 0.29) is 11.9 Å². The molecule has 2 unspecified atom stereocenters. The number of likely N-dealkylation sites (N-methyl/N-ethyl adjacent to an activating group) is 1. The highest BCUT2D eigenvalue weighted by molar-refractivity contribution is 4.85. The highest BCUT2D eigenvalue weighted by atomic mass is 16.7. The molecule has 1 N–H and O–H groups in total. The lowest BCUT2D eigenvalue weighted by molar-refractivity contribution is -0.163. The van der Waals surface area contributed by atoms with Crippen LogP contribution in [-0.2, 0) is 9.47 Å². The highest BCUT2D eigenvalue weighted by Crippen LogP contribution is 2.39. The van der Waals surface area contributed by atoms with Gasteiger partial charge in [0.25, 0.3) is 0 Å². The Balaban J connectivity index is 1.41. The van der Waals surface area contributed by atoms with Crippen molar-refractivity contribution in [2.75, 3.05) is 33.3 Å². The molecule has 3 rings (SSSR count). The fraction of sp³-hybridized carbons (Fsp3) is 1.00. The van der Waals surface area contributed by atoms with Gasteiger partial charge in [-0.3, -0.25) is 0 Å². The summed E-state index contributed by atoms with van der Waals surface area (Å²) in [4.78, 5) is 2.41. The molecule has 0 aromatic heterocycles. The first-order valence-electron chi connectivity index (χ1n) is 7.99. The predicted octanol–water partition coefficient (Wildman–Crippen LogP) is 1.75. The monoisotopic (exact) mass is 268 g/mol. The molecule has 0 bridgehead atoms. The van der Waals surface area contributed by atoms with Gasteiger partial charge in [-0.15, -0.1) is 0 Å². The largest absolute Gasteiger partial charge is 0.347 e. The molecule has 1 saturated carbocycles. The van der Waals surface area contributed by atoms with Crippen LogP contribution in [0.25, 0.3) is 0 Å². The van der Waals surface area contributed by atoms with E-state index >= 15 is 0 Å². The molecule has 4 heteroatoms. The average Bonchev–Trinajstić information content (AvgIpc) is 3.02. The number of ether oxygens (including phenoxy) is 2. The maximum absolute atomic E-state index is 6.19. The molecule has 3 aliphatic rings. The molecule has 2 heterocycles. The summed E-state index contributed by atoms with van der Waals surface area (Å²) in [6.45, 7) is 4.10. The van der Waals surface area contributed by atoms with Gasteiger partial charge in [0, 0.05) is 32.0 Å². The molecule has 1 aliphatic carbocycles. The number of nitrogens with one attached hydrogen (secondary N) is 1. The van der Waals surface area contributed by atoms with Gasteiger partial charge in [-0.05, 0) is 39.3 Å². The van der Waals surface area contributed by atoms with Crippen molar-refractivity contribution in [2.45, 2.75) is 62.9 Å². The molecule has 19 heavy (non-hydrogen) atoms. The Labute approximate surface area is 116 Å². The van der Waals surface area contributed by atoms with Crippen LogP contribution in [0.3, 0.4) is 0 Å². The minimum Gasteiger partial charge on any atom is -0.347 e. The Morgan fingerprint density at radius 2 is 2.00 bits per heavy atom. The number of hydrogen-bond donors (Lipinski definition) is 1. The van der Waals surface area contributed by atoms with Crippen LogP contribution in [0.5, 0.6) is 0 Å². The minimum absolute atomic E-state index is 0.200. The molecular formula is C15H28N2O2. The predicted molar refractivity (Wildman–Crippen MR) is 75.2 cm³/mol. The van der Waals surface area contributed by atoms with Crippen molar-refractivity contribution in [1.29, 1.82) is 0 Å². The third-order valence-electron chi connectivity index (χ3n) is 4.74. The van der Waals surface area contributed by atoms with Gasteiger partial charge in [0.2, 0.25) is 0 Å². The van der Waals surface area contributed by atoms with Crippen molar-refractivity contribution in [3.63, 3.8) is 0 Å². The van der Waals surface area contributed by atoms with E-state index in [1.54, 1.807) is 0 Å². The Bertz CT molecular complexity index is 286. The summed E-state index contributed by atoms with van der Waals surface area (Å²) < 4.78 is 12.1. The summed E-state index contributed by atoms with van der Waals surface area (Å²) in [5.74, 6) is -0.200. The van der Waals surface area contributed by atoms with Gasteiger partial charge in [0.05, 0.1) is 12.7 Å². The van der Waals surface area contributed by atoms with Gasteiger partial charge in [0.1, 0.15) is 0 Å². The van der Waals surface area contributed by atoms with Gasteiger partial charge in [-0.25, -0.2) is 0 Å². The van der Waals surface area contributed by atoms with Crippen LogP contribution in [0.2, 0.25) is 0 Å². The fourth-order valence-corrected chi connectivity index (χ4v) is 3.76. The van der Waals surface area contributed by atoms with E-state index in [1.807, 2.05) is 0 Å². The van der Waals surface area contributed by atoms with E-state index in [4.69, 9.17) is 9.47 Å². The van der Waals surface area contributed by atoms with Gasteiger partial charge in [0.15, 0.2) is 5.79 Å². The molecule has 3 fully saturated rings. The Hall–Kier alpha value is -0.160. The lowest BCUT2D eigenvalue weighted by Crippen LogP contribution is -2.44. The average molecular weight is 268 g/mol. The standard InChI is InChI=1S/C15H28N2O2/c1-17(10-13-6-2-5-9-16-13)11-14-12-18-15(19-14)7-3-4-8-15/h13-14,16H,2-12H2,1H3. The quantitative estimate of drug-likeness (QED) is 0.842. The van der Waals surface area contributed by atoms with Crippen LogP contribution in [0, 0.1) is 0 Å². The highest BCUT2D eigenvalue weighted by Gasteiger charge is 2.43. The van der Waals surface area contributed by atoms with Gasteiger partial charge >= 0.3 is 0 Å². The van der Waals surface area contributed by atoms with Crippen LogP contribution in [0.1, 0.15) is 44.9 Å². The summed E-state index contributed by atoms with van der Waals surface area (Å²) >= 11 is 0. The van der Waals surface area contributed by atoms with E-state index < -0.39 is 0 Å². The first kappa shape index (κ1) is 13.8. The molecule has 0 amide bonds. The zero-order valence-electron chi connectivity index (χ0n) is 12.2. The maximum atomic E-state index is 6.19. The first-order chi connectivity index (χ1) is 9.26. The lowest BCUT2D eigenvalue weighted by Gasteiger charge is -2.29. The number of hydrogen-bond acceptors (Lipinski definition) is 4. The van der Waals surface area contributed by atoms with Crippen molar-refractivity contribution < 1.29 is 9.47 Å². The molecule has 0 radical (unpaired) electrons. The molecular weight excluding hydrogens is 240 g/mol. The van der Waals surface area contributed by atoms with Gasteiger partial charge < -0.3 is 19.7 Å². The van der Waals surface area contributed by atoms with E-state index in [0.29, 0.717) is 6.04 Å². The Morgan fingerprint density at radius 1 is 1.16 bits per heavy atom. The Morgan fingerprint density at radius 3 is 2.74 bits per heavy atom. The summed E-state index contributed by atoms with van der Waals surface area (Å²) in [7, 11) is 2.21. The second-order valence-corrected chi connectivity index (χ2v) is 6.54. The number of nitrogens with zero attached hydrogens (tertiary/aromatic N) is 1. The van der Waals surface area contributed by atoms with Crippen LogP contribution in [-0.4, -0.2) is 56.1 Å². The van der Waals surface area contributed by atoms with E-state index in [1.165, 1.54) is 38.6 Å². The maximum Gasteiger partial charge on any atom is 0.168 e. The zero-order chi connectivity index (χ0) is 13.1. The summed E-state index contributed by atoms with van der Waals surface area (Å²) in [6, 6.07) is 0.668. The topological polar surface area (TPSA) is 33.7 Å². The van der Waals surface area contributed by atoms with Crippen molar-refractivity contribution in [2.24, 2.45) is 0 Å². The van der Waals surface area contributed by atoms with Crippen molar-refractivity contribution in [1.82, 2.24) is 10.2 Å². The molecule has 0 aromatic rings. The second kappa shape index (κ2) is 6.08. The van der Waals surface area contributed by atoms with Gasteiger partial charge in [-0.2, -0.15) is 0 Å². The molecule has 110 valence electrons. The SMILES string of the molecule is CN(CC1CCCCN1)CC1COC2(CCCC2)O1. The van der Waals surface area contributed by atoms with E-state index in [2.05, 4.69) is 17.3 Å². The summed E-state index contributed by atoms with van der Waals surface area (Å²) in [6.07, 6.45) is 9.00. The Kier molecular flexibility index (Phi) is 4.42. The third kappa shape index (κ3) is 3.48. The van der Waals surface area contributed by atoms with Crippen molar-refractivity contribution >= 4 is 0 Å². The van der Waals surface area contributed by atoms with E-state index in [0.717, 1.165) is 32.5 Å². The summed E-state index contributed by atoms with van der Waals surface area (Å²) in [5.41, 5.74) is 0. The normalized spacial score (nSPS) is 34.4. The molecule has 2 aliphatic heterocycles. The smallest absolute Gasteiger partial charge is 0.168 e. The molecule has 4 nitrogen and oxygen atoms in total. The molecule has 1 spiro atoms. The molecule has 0 aromatic carbocycles. The third-order valence-corrected chi connectivity index (χ3v) is 4.74. The fourth-order valence-electron chi connectivity index (χ4n) is 3.76. The van der Waals surface area contributed by atoms with Gasteiger partial charge in [-0.1, -0.05) is 6.42 Å². The zero-order valence-corrected chi connectivity index (χ0v) is 12.2. The van der Waals surface area contributed by atoms with E-state index in [9.17, 15) is 0 Å². The molecule has 2 atom stereocenters. The van der Waals surface area contributed by atoms with Crippen LogP contribution < -0.4 is 5.32 Å². The number of rotatable bonds is 4. The van der Waals surface area contributed by atoms with Crippen molar-refractivity contribution in [3.05, 3.63) is 0 Å². The molecule has 2 saturated heterocycles. The second-order valence-electron chi connectivity index (χ2n) is 6.54. The van der Waals surface area contributed by atoms with Crippen LogP contribution in [0.4, 0.5) is 0 Å².